The highest BCUT2D eigenvalue weighted by Crippen LogP contribution is 2.19. The van der Waals surface area contributed by atoms with E-state index in [1.165, 1.54) is 18.2 Å². The van der Waals surface area contributed by atoms with Gasteiger partial charge in [-0.2, -0.15) is 0 Å². The summed E-state index contributed by atoms with van der Waals surface area (Å²) in [5.74, 6) is -0.433. The number of carbonyl (C=O) groups is 1. The first-order valence-corrected chi connectivity index (χ1v) is 6.02. The summed E-state index contributed by atoms with van der Waals surface area (Å²) in [5, 5.41) is 23.1. The van der Waals surface area contributed by atoms with Gasteiger partial charge in [-0.15, -0.1) is 0 Å². The van der Waals surface area contributed by atoms with Crippen molar-refractivity contribution in [2.24, 2.45) is 0 Å². The molecule has 104 valence electrons. The zero-order valence-corrected chi connectivity index (χ0v) is 11.3. The molecule has 1 aromatic carbocycles. The van der Waals surface area contributed by atoms with Crippen LogP contribution in [0.3, 0.4) is 0 Å². The minimum atomic E-state index is -0.980. The summed E-state index contributed by atoms with van der Waals surface area (Å²) in [4.78, 5) is 22.1. The predicted octanol–water partition coefficient (Wildman–Crippen LogP) is 1.79. The van der Waals surface area contributed by atoms with Crippen molar-refractivity contribution in [3.63, 3.8) is 0 Å². The van der Waals surface area contributed by atoms with Gasteiger partial charge in [0.05, 0.1) is 10.5 Å². The van der Waals surface area contributed by atoms with Crippen LogP contribution in [0.2, 0.25) is 0 Å². The summed E-state index contributed by atoms with van der Waals surface area (Å²) < 4.78 is 0. The molecular weight excluding hydrogens is 248 g/mol. The predicted molar refractivity (Wildman–Crippen MR) is 71.1 cm³/mol. The van der Waals surface area contributed by atoms with Crippen molar-refractivity contribution in [3.05, 3.63) is 39.4 Å². The van der Waals surface area contributed by atoms with E-state index in [1.54, 1.807) is 13.8 Å². The molecule has 0 aliphatic rings. The minimum Gasteiger partial charge on any atom is -0.388 e. The van der Waals surface area contributed by atoms with Gasteiger partial charge in [-0.3, -0.25) is 14.9 Å². The van der Waals surface area contributed by atoms with E-state index < -0.39 is 16.4 Å². The number of benzene rings is 1. The molecule has 19 heavy (non-hydrogen) atoms. The average Bonchev–Trinajstić information content (AvgIpc) is 2.36. The fourth-order valence-electron chi connectivity index (χ4n) is 1.45. The number of hydrogen-bond donors (Lipinski definition) is 2. The lowest BCUT2D eigenvalue weighted by Crippen LogP contribution is -2.40. The van der Waals surface area contributed by atoms with Crippen molar-refractivity contribution >= 4 is 11.6 Å². The third-order valence-corrected chi connectivity index (χ3v) is 3.06. The summed E-state index contributed by atoms with van der Waals surface area (Å²) in [7, 11) is 0. The number of aryl methyl sites for hydroxylation is 1. The Labute approximate surface area is 111 Å². The Morgan fingerprint density at radius 3 is 2.68 bits per heavy atom. The molecule has 1 rings (SSSR count). The monoisotopic (exact) mass is 266 g/mol. The lowest BCUT2D eigenvalue weighted by Gasteiger charge is -2.21. The van der Waals surface area contributed by atoms with Crippen molar-refractivity contribution < 1.29 is 14.8 Å². The van der Waals surface area contributed by atoms with Crippen molar-refractivity contribution in [2.75, 3.05) is 6.54 Å². The highest BCUT2D eigenvalue weighted by molar-refractivity contribution is 5.95. The number of nitro benzene ring substituents is 1. The zero-order valence-electron chi connectivity index (χ0n) is 11.3. The lowest BCUT2D eigenvalue weighted by atomic mass is 10.0. The number of carbonyl (C=O) groups excluding carboxylic acids is 1. The summed E-state index contributed by atoms with van der Waals surface area (Å²) >= 11 is 0. The van der Waals surface area contributed by atoms with Gasteiger partial charge in [-0.1, -0.05) is 13.0 Å². The van der Waals surface area contributed by atoms with E-state index in [4.69, 9.17) is 0 Å². The molecular formula is C13H18N2O4. The van der Waals surface area contributed by atoms with Gasteiger partial charge in [0.15, 0.2) is 0 Å². The summed E-state index contributed by atoms with van der Waals surface area (Å²) in [6.07, 6.45) is 0.501. The van der Waals surface area contributed by atoms with Crippen molar-refractivity contribution in [3.8, 4) is 0 Å². The van der Waals surface area contributed by atoms with Crippen LogP contribution in [0, 0.1) is 17.0 Å². The van der Waals surface area contributed by atoms with Gasteiger partial charge < -0.3 is 10.4 Å². The molecule has 6 nitrogen and oxygen atoms in total. The maximum atomic E-state index is 11.8. The molecule has 1 atom stereocenters. The maximum Gasteiger partial charge on any atom is 0.273 e. The molecule has 0 fully saturated rings. The maximum absolute atomic E-state index is 11.8. The van der Waals surface area contributed by atoms with E-state index in [2.05, 4.69) is 5.32 Å². The van der Waals surface area contributed by atoms with Gasteiger partial charge in [0.25, 0.3) is 11.6 Å². The highest BCUT2D eigenvalue weighted by atomic mass is 16.6. The molecule has 0 radical (unpaired) electrons. The Hall–Kier alpha value is -1.95. The third-order valence-electron chi connectivity index (χ3n) is 3.06. The van der Waals surface area contributed by atoms with Gasteiger partial charge in [-0.05, 0) is 26.3 Å². The molecule has 1 aromatic rings. The molecule has 1 unspecified atom stereocenters. The largest absolute Gasteiger partial charge is 0.388 e. The standard InChI is InChI=1S/C13H18N2O4/c1-4-13(3,17)8-14-12(16)10-6-5-9(2)11(7-10)15(18)19/h5-7,17H,4,8H2,1-3H3,(H,14,16). The molecule has 6 heteroatoms. The molecule has 0 aliphatic heterocycles. The van der Waals surface area contributed by atoms with Crippen molar-refractivity contribution in [2.45, 2.75) is 32.8 Å². The fourth-order valence-corrected chi connectivity index (χ4v) is 1.45. The van der Waals surface area contributed by atoms with Crippen LogP contribution in [0.1, 0.15) is 36.2 Å². The quantitative estimate of drug-likeness (QED) is 0.627. The van der Waals surface area contributed by atoms with E-state index >= 15 is 0 Å². The highest BCUT2D eigenvalue weighted by Gasteiger charge is 2.20. The Morgan fingerprint density at radius 1 is 1.53 bits per heavy atom. The normalized spacial score (nSPS) is 13.7. The summed E-state index contributed by atoms with van der Waals surface area (Å²) in [5.41, 5.74) is -0.354. The first-order valence-electron chi connectivity index (χ1n) is 6.02. The van der Waals surface area contributed by atoms with Gasteiger partial charge in [-0.25, -0.2) is 0 Å². The summed E-state index contributed by atoms with van der Waals surface area (Å²) in [6, 6.07) is 4.30. The Kier molecular flexibility index (Phi) is 4.61. The number of rotatable bonds is 5. The van der Waals surface area contributed by atoms with Gasteiger partial charge in [0.1, 0.15) is 0 Å². The van der Waals surface area contributed by atoms with E-state index in [0.29, 0.717) is 12.0 Å². The molecule has 0 heterocycles. The van der Waals surface area contributed by atoms with Crippen LogP contribution in [-0.2, 0) is 0 Å². The second-order valence-corrected chi connectivity index (χ2v) is 4.79. The van der Waals surface area contributed by atoms with E-state index in [-0.39, 0.29) is 17.8 Å². The third kappa shape index (κ3) is 4.03. The Balaban J connectivity index is 2.84. The molecule has 0 bridgehead atoms. The number of hydrogen-bond acceptors (Lipinski definition) is 4. The van der Waals surface area contributed by atoms with Gasteiger partial charge in [0.2, 0.25) is 0 Å². The number of aliphatic hydroxyl groups is 1. The van der Waals surface area contributed by atoms with Crippen LogP contribution < -0.4 is 5.32 Å². The van der Waals surface area contributed by atoms with Gasteiger partial charge in [0, 0.05) is 23.7 Å². The average molecular weight is 266 g/mol. The number of amides is 1. The fraction of sp³-hybridized carbons (Fsp3) is 0.462. The first-order chi connectivity index (χ1) is 8.76. The van der Waals surface area contributed by atoms with Crippen LogP contribution in [0.15, 0.2) is 18.2 Å². The van der Waals surface area contributed by atoms with E-state index in [1.807, 2.05) is 6.92 Å². The van der Waals surface area contributed by atoms with Crippen LogP contribution >= 0.6 is 0 Å². The molecule has 0 saturated heterocycles. The molecule has 2 N–H and O–H groups in total. The molecule has 0 aliphatic carbocycles. The zero-order chi connectivity index (χ0) is 14.6. The van der Waals surface area contributed by atoms with Crippen molar-refractivity contribution in [1.29, 1.82) is 0 Å². The first kappa shape index (κ1) is 15.1. The SMILES string of the molecule is CCC(C)(O)CNC(=O)c1ccc(C)c([N+](=O)[O-])c1. The summed E-state index contributed by atoms with van der Waals surface area (Å²) in [6.45, 7) is 5.14. The number of nitrogens with zero attached hydrogens (tertiary/aromatic N) is 1. The minimum absolute atomic E-state index is 0.0881. The molecule has 0 spiro atoms. The Morgan fingerprint density at radius 2 is 2.16 bits per heavy atom. The van der Waals surface area contributed by atoms with E-state index in [9.17, 15) is 20.0 Å². The smallest absolute Gasteiger partial charge is 0.273 e. The number of nitro groups is 1. The van der Waals surface area contributed by atoms with Crippen LogP contribution in [0.4, 0.5) is 5.69 Å². The van der Waals surface area contributed by atoms with Crippen LogP contribution in [0.25, 0.3) is 0 Å². The number of nitrogens with one attached hydrogen (secondary N) is 1. The topological polar surface area (TPSA) is 92.5 Å². The second-order valence-electron chi connectivity index (χ2n) is 4.79. The van der Waals surface area contributed by atoms with Crippen molar-refractivity contribution in [1.82, 2.24) is 5.32 Å². The van der Waals surface area contributed by atoms with Crippen LogP contribution in [0.5, 0.6) is 0 Å². The molecule has 0 aromatic heterocycles. The molecule has 1 amide bonds. The van der Waals surface area contributed by atoms with E-state index in [0.717, 1.165) is 0 Å². The molecule has 0 saturated carbocycles. The van der Waals surface area contributed by atoms with Crippen LogP contribution in [-0.4, -0.2) is 28.1 Å². The Bertz CT molecular complexity index is 497. The lowest BCUT2D eigenvalue weighted by molar-refractivity contribution is -0.385. The second kappa shape index (κ2) is 5.79. The van der Waals surface area contributed by atoms with Gasteiger partial charge >= 0.3 is 0 Å².